The molecule has 0 spiro atoms. The van der Waals surface area contributed by atoms with Crippen molar-refractivity contribution < 1.29 is 9.47 Å². The molecule has 2 aliphatic rings. The van der Waals surface area contributed by atoms with Crippen molar-refractivity contribution in [2.75, 3.05) is 18.2 Å². The Balaban J connectivity index is 1.64. The van der Waals surface area contributed by atoms with Gasteiger partial charge in [0, 0.05) is 29.4 Å². The molecule has 3 aromatic rings. The Bertz CT molecular complexity index is 963. The number of hydrogen-bond donors (Lipinski definition) is 0. The summed E-state index contributed by atoms with van der Waals surface area (Å²) in [5.74, 6) is 1.58. The highest BCUT2D eigenvalue weighted by atomic mass is 16.7. The standard InChI is InChI=1S/C18H18N4O2/c1-11-6-16(21-3-4-22-13(9-21)5-12(2)20-22)14-7-17-18(24-10-23-17)8-15(14)19-11/h5-8H,3-4,9-10H2,1-2H3. The highest BCUT2D eigenvalue weighted by Gasteiger charge is 2.22. The summed E-state index contributed by atoms with van der Waals surface area (Å²) in [7, 11) is 0. The van der Waals surface area contributed by atoms with Crippen LogP contribution in [0.2, 0.25) is 0 Å². The van der Waals surface area contributed by atoms with Gasteiger partial charge in [-0.15, -0.1) is 0 Å². The van der Waals surface area contributed by atoms with E-state index in [2.05, 4.69) is 37.9 Å². The molecular weight excluding hydrogens is 304 g/mol. The van der Waals surface area contributed by atoms with Gasteiger partial charge in [-0.2, -0.15) is 5.10 Å². The lowest BCUT2D eigenvalue weighted by atomic mass is 10.1. The van der Waals surface area contributed by atoms with Crippen LogP contribution in [0.3, 0.4) is 0 Å². The van der Waals surface area contributed by atoms with E-state index in [-0.39, 0.29) is 6.79 Å². The lowest BCUT2D eigenvalue weighted by molar-refractivity contribution is 0.174. The van der Waals surface area contributed by atoms with Crippen LogP contribution in [-0.4, -0.2) is 28.1 Å². The van der Waals surface area contributed by atoms with Crippen molar-refractivity contribution in [3.63, 3.8) is 0 Å². The molecule has 24 heavy (non-hydrogen) atoms. The van der Waals surface area contributed by atoms with Crippen LogP contribution in [0.4, 0.5) is 5.69 Å². The number of aromatic nitrogens is 3. The second-order valence-corrected chi connectivity index (χ2v) is 6.43. The molecule has 5 rings (SSSR count). The monoisotopic (exact) mass is 322 g/mol. The van der Waals surface area contributed by atoms with Gasteiger partial charge in [-0.1, -0.05) is 0 Å². The Morgan fingerprint density at radius 3 is 2.67 bits per heavy atom. The highest BCUT2D eigenvalue weighted by Crippen LogP contribution is 2.39. The second-order valence-electron chi connectivity index (χ2n) is 6.43. The molecule has 0 unspecified atom stereocenters. The third-order valence-corrected chi connectivity index (χ3v) is 4.67. The topological polar surface area (TPSA) is 52.4 Å². The first-order chi connectivity index (χ1) is 11.7. The fraction of sp³-hybridized carbons (Fsp3) is 0.333. The number of pyridine rings is 1. The fourth-order valence-electron chi connectivity index (χ4n) is 3.60. The van der Waals surface area contributed by atoms with Crippen molar-refractivity contribution in [1.29, 1.82) is 0 Å². The van der Waals surface area contributed by atoms with Gasteiger partial charge < -0.3 is 14.4 Å². The van der Waals surface area contributed by atoms with Gasteiger partial charge in [0.25, 0.3) is 0 Å². The molecule has 6 heteroatoms. The molecule has 0 amide bonds. The van der Waals surface area contributed by atoms with Crippen LogP contribution in [0.25, 0.3) is 10.9 Å². The maximum absolute atomic E-state index is 5.56. The zero-order valence-electron chi connectivity index (χ0n) is 13.7. The summed E-state index contributed by atoms with van der Waals surface area (Å²) in [6, 6.07) is 8.35. The van der Waals surface area contributed by atoms with E-state index in [1.807, 2.05) is 19.9 Å². The van der Waals surface area contributed by atoms with Crippen LogP contribution in [0.5, 0.6) is 11.5 Å². The molecule has 6 nitrogen and oxygen atoms in total. The van der Waals surface area contributed by atoms with Gasteiger partial charge in [0.05, 0.1) is 30.0 Å². The fourth-order valence-corrected chi connectivity index (χ4v) is 3.60. The van der Waals surface area contributed by atoms with Crippen molar-refractivity contribution in [2.45, 2.75) is 26.9 Å². The molecule has 122 valence electrons. The summed E-state index contributed by atoms with van der Waals surface area (Å²) in [5.41, 5.74) is 5.48. The zero-order chi connectivity index (χ0) is 16.3. The lowest BCUT2D eigenvalue weighted by Crippen LogP contribution is -2.34. The van der Waals surface area contributed by atoms with E-state index < -0.39 is 0 Å². The number of rotatable bonds is 1. The molecule has 0 saturated heterocycles. The zero-order valence-corrected chi connectivity index (χ0v) is 13.7. The van der Waals surface area contributed by atoms with Crippen LogP contribution >= 0.6 is 0 Å². The van der Waals surface area contributed by atoms with E-state index in [4.69, 9.17) is 9.47 Å². The van der Waals surface area contributed by atoms with Gasteiger partial charge in [0.1, 0.15) is 0 Å². The lowest BCUT2D eigenvalue weighted by Gasteiger charge is -2.30. The van der Waals surface area contributed by atoms with Gasteiger partial charge in [0.2, 0.25) is 6.79 Å². The highest BCUT2D eigenvalue weighted by molar-refractivity contribution is 5.94. The molecule has 4 heterocycles. The van der Waals surface area contributed by atoms with Crippen molar-refractivity contribution in [3.8, 4) is 11.5 Å². The van der Waals surface area contributed by atoms with E-state index >= 15 is 0 Å². The molecule has 2 aromatic heterocycles. The minimum Gasteiger partial charge on any atom is -0.454 e. The quantitative estimate of drug-likeness (QED) is 0.689. The normalized spacial score (nSPS) is 15.8. The summed E-state index contributed by atoms with van der Waals surface area (Å²) in [6.07, 6.45) is 0. The number of nitrogens with zero attached hydrogens (tertiary/aromatic N) is 4. The number of ether oxygens (including phenoxy) is 2. The maximum Gasteiger partial charge on any atom is 0.231 e. The molecule has 0 aliphatic carbocycles. The maximum atomic E-state index is 5.56. The van der Waals surface area contributed by atoms with Gasteiger partial charge in [-0.3, -0.25) is 9.67 Å². The van der Waals surface area contributed by atoms with Gasteiger partial charge >= 0.3 is 0 Å². The van der Waals surface area contributed by atoms with Gasteiger partial charge in [-0.25, -0.2) is 0 Å². The summed E-state index contributed by atoms with van der Waals surface area (Å²) in [4.78, 5) is 7.08. The predicted molar refractivity (Wildman–Crippen MR) is 90.6 cm³/mol. The number of aryl methyl sites for hydroxylation is 2. The van der Waals surface area contributed by atoms with E-state index in [1.165, 1.54) is 11.4 Å². The van der Waals surface area contributed by atoms with E-state index in [1.54, 1.807) is 0 Å². The Labute approximate surface area is 139 Å². The molecule has 0 fully saturated rings. The van der Waals surface area contributed by atoms with Crippen LogP contribution < -0.4 is 14.4 Å². The average Bonchev–Trinajstić information content (AvgIpc) is 3.15. The van der Waals surface area contributed by atoms with Crippen molar-refractivity contribution in [3.05, 3.63) is 41.3 Å². The molecule has 2 aliphatic heterocycles. The summed E-state index contributed by atoms with van der Waals surface area (Å²) < 4.78 is 13.2. The van der Waals surface area contributed by atoms with Crippen molar-refractivity contribution in [2.24, 2.45) is 0 Å². The van der Waals surface area contributed by atoms with Crippen LogP contribution in [-0.2, 0) is 13.1 Å². The van der Waals surface area contributed by atoms with E-state index in [0.29, 0.717) is 0 Å². The Morgan fingerprint density at radius 2 is 1.79 bits per heavy atom. The van der Waals surface area contributed by atoms with Gasteiger partial charge in [0.15, 0.2) is 11.5 Å². The van der Waals surface area contributed by atoms with Crippen LogP contribution in [0.15, 0.2) is 24.3 Å². The molecular formula is C18H18N4O2. The first-order valence-corrected chi connectivity index (χ1v) is 8.17. The van der Waals surface area contributed by atoms with Gasteiger partial charge in [-0.05, 0) is 32.0 Å². The Kier molecular flexibility index (Phi) is 2.77. The Morgan fingerprint density at radius 1 is 0.958 bits per heavy atom. The predicted octanol–water partition coefficient (Wildman–Crippen LogP) is 2.80. The van der Waals surface area contributed by atoms with E-state index in [0.717, 1.165) is 53.4 Å². The minimum absolute atomic E-state index is 0.280. The molecule has 0 radical (unpaired) electrons. The molecule has 1 aromatic carbocycles. The summed E-state index contributed by atoms with van der Waals surface area (Å²) >= 11 is 0. The van der Waals surface area contributed by atoms with Crippen molar-refractivity contribution >= 4 is 16.6 Å². The smallest absolute Gasteiger partial charge is 0.231 e. The van der Waals surface area contributed by atoms with Crippen molar-refractivity contribution in [1.82, 2.24) is 14.8 Å². The molecule has 0 saturated carbocycles. The summed E-state index contributed by atoms with van der Waals surface area (Å²) in [5, 5.41) is 5.65. The molecule has 0 N–H and O–H groups in total. The number of fused-ring (bicyclic) bond motifs is 3. The first kappa shape index (κ1) is 13.7. The Hall–Kier alpha value is -2.76. The third-order valence-electron chi connectivity index (χ3n) is 4.67. The third kappa shape index (κ3) is 2.02. The number of benzene rings is 1. The molecule has 0 bridgehead atoms. The van der Waals surface area contributed by atoms with Crippen LogP contribution in [0.1, 0.15) is 17.1 Å². The van der Waals surface area contributed by atoms with Crippen LogP contribution in [0, 0.1) is 13.8 Å². The second kappa shape index (κ2) is 4.87. The number of hydrogen-bond acceptors (Lipinski definition) is 5. The first-order valence-electron chi connectivity index (χ1n) is 8.17. The van der Waals surface area contributed by atoms with E-state index in [9.17, 15) is 0 Å². The minimum atomic E-state index is 0.280. The molecule has 0 atom stereocenters. The largest absolute Gasteiger partial charge is 0.454 e. The SMILES string of the molecule is Cc1cc(N2CCn3nc(C)cc3C2)c2cc3c(cc2n1)OCO3. The summed E-state index contributed by atoms with van der Waals surface area (Å²) in [6.45, 7) is 7.04. The average molecular weight is 322 g/mol. The number of anilines is 1.